The normalized spacial score (nSPS) is 16.3. The van der Waals surface area contributed by atoms with Gasteiger partial charge in [-0.15, -0.1) is 11.8 Å². The Bertz CT molecular complexity index is 1190. The van der Waals surface area contributed by atoms with Crippen molar-refractivity contribution in [3.63, 3.8) is 0 Å². The number of unbranched alkanes of at least 4 members (excludes halogenated alkanes) is 1. The molecule has 1 amide bonds. The quantitative estimate of drug-likeness (QED) is 0.270. The zero-order valence-corrected chi connectivity index (χ0v) is 25.9. The van der Waals surface area contributed by atoms with Gasteiger partial charge in [0.2, 0.25) is 5.91 Å². The molecule has 0 bridgehead atoms. The molecule has 1 fully saturated rings. The molecular formula is C35H46N2O2S. The first-order chi connectivity index (χ1) is 18.9. The van der Waals surface area contributed by atoms with Gasteiger partial charge in [-0.3, -0.25) is 4.79 Å². The minimum atomic E-state index is -0.177. The predicted molar refractivity (Wildman–Crippen MR) is 171 cm³/mol. The Balaban J connectivity index is 1.40. The number of thioether (sulfide) groups is 1. The molecule has 0 radical (unpaired) electrons. The van der Waals surface area contributed by atoms with Crippen molar-refractivity contribution >= 4 is 29.0 Å². The van der Waals surface area contributed by atoms with Gasteiger partial charge in [-0.1, -0.05) is 90.1 Å². The Morgan fingerprint density at radius 2 is 1.38 bits per heavy atom. The Kier molecular flexibility index (Phi) is 9.56. The average Bonchev–Trinajstić information content (AvgIpc) is 2.91. The number of phenolic OH excluding ortho intramolecular Hbond substituents is 1. The molecule has 0 aliphatic carbocycles. The third-order valence-electron chi connectivity index (χ3n) is 7.67. The Morgan fingerprint density at radius 1 is 0.850 bits per heavy atom. The second-order valence-electron chi connectivity index (χ2n) is 13.0. The van der Waals surface area contributed by atoms with Crippen molar-refractivity contribution in [1.82, 2.24) is 4.90 Å². The summed E-state index contributed by atoms with van der Waals surface area (Å²) in [6, 6.07) is 25.3. The van der Waals surface area contributed by atoms with Crippen molar-refractivity contribution in [3.8, 4) is 5.75 Å². The van der Waals surface area contributed by atoms with E-state index in [2.05, 4.69) is 124 Å². The maximum absolute atomic E-state index is 13.6. The zero-order chi connectivity index (χ0) is 28.9. The molecule has 0 spiro atoms. The van der Waals surface area contributed by atoms with Crippen LogP contribution in [0.2, 0.25) is 0 Å². The third-order valence-corrected chi connectivity index (χ3v) is 8.86. The molecule has 3 aromatic carbocycles. The van der Waals surface area contributed by atoms with E-state index < -0.39 is 0 Å². The standard InChI is InChI=1S/C35H46N2O2S/c1-34(2,3)29-23-26(24-30(32(29)38)35(4,5)6)25-31-33(39)36(21-22-40-31)19-13-14-20-37(27-15-9-7-10-16-27)28-17-11-8-12-18-28/h7-12,15-18,23-24,31,38H,13-14,19-22,25H2,1-6H3. The van der Waals surface area contributed by atoms with Crippen LogP contribution in [0.5, 0.6) is 5.75 Å². The fraction of sp³-hybridized carbons (Fsp3) is 0.457. The first kappa shape index (κ1) is 30.0. The van der Waals surface area contributed by atoms with E-state index in [1.807, 2.05) is 0 Å². The van der Waals surface area contributed by atoms with Crippen LogP contribution in [-0.4, -0.2) is 46.6 Å². The summed E-state index contributed by atoms with van der Waals surface area (Å²) in [5, 5.41) is 11.0. The number of rotatable bonds is 9. The molecule has 4 nitrogen and oxygen atoms in total. The largest absolute Gasteiger partial charge is 0.507 e. The van der Waals surface area contributed by atoms with E-state index in [1.165, 1.54) is 11.4 Å². The summed E-state index contributed by atoms with van der Waals surface area (Å²) in [4.78, 5) is 18.0. The highest BCUT2D eigenvalue weighted by Crippen LogP contribution is 2.40. The minimum Gasteiger partial charge on any atom is -0.507 e. The highest BCUT2D eigenvalue weighted by Gasteiger charge is 2.31. The molecule has 1 atom stereocenters. The lowest BCUT2D eigenvalue weighted by Gasteiger charge is -2.33. The van der Waals surface area contributed by atoms with E-state index in [4.69, 9.17) is 0 Å². The van der Waals surface area contributed by atoms with E-state index in [0.29, 0.717) is 12.2 Å². The van der Waals surface area contributed by atoms with E-state index >= 15 is 0 Å². The van der Waals surface area contributed by atoms with Crippen LogP contribution < -0.4 is 4.90 Å². The number of carbonyl (C=O) groups excluding carboxylic acids is 1. The molecule has 1 N–H and O–H groups in total. The number of benzene rings is 3. The van der Waals surface area contributed by atoms with E-state index in [1.54, 1.807) is 11.8 Å². The Labute approximate surface area is 245 Å². The molecule has 40 heavy (non-hydrogen) atoms. The highest BCUT2D eigenvalue weighted by atomic mass is 32.2. The van der Waals surface area contributed by atoms with Crippen LogP contribution in [0, 0.1) is 0 Å². The summed E-state index contributed by atoms with van der Waals surface area (Å²) in [7, 11) is 0. The van der Waals surface area contributed by atoms with Gasteiger partial charge in [0.1, 0.15) is 5.75 Å². The summed E-state index contributed by atoms with van der Waals surface area (Å²) in [5.74, 6) is 1.61. The van der Waals surface area contributed by atoms with Gasteiger partial charge in [-0.25, -0.2) is 0 Å². The van der Waals surface area contributed by atoms with E-state index in [0.717, 1.165) is 54.9 Å². The summed E-state index contributed by atoms with van der Waals surface area (Å²) < 4.78 is 0. The smallest absolute Gasteiger partial charge is 0.236 e. The molecule has 1 aliphatic rings. The predicted octanol–water partition coefficient (Wildman–Crippen LogP) is 8.09. The molecule has 3 aromatic rings. The molecule has 4 rings (SSSR count). The number of carbonyl (C=O) groups is 1. The molecule has 1 saturated heterocycles. The maximum Gasteiger partial charge on any atom is 0.236 e. The van der Waals surface area contributed by atoms with Gasteiger partial charge < -0.3 is 14.9 Å². The van der Waals surface area contributed by atoms with Gasteiger partial charge in [0.05, 0.1) is 5.25 Å². The van der Waals surface area contributed by atoms with Crippen LogP contribution in [0.1, 0.15) is 71.1 Å². The molecular weight excluding hydrogens is 512 g/mol. The lowest BCUT2D eigenvalue weighted by molar-refractivity contribution is -0.130. The summed E-state index contributed by atoms with van der Waals surface area (Å²) in [6.07, 6.45) is 2.68. The number of phenols is 1. The molecule has 0 saturated carbocycles. The molecule has 1 heterocycles. The van der Waals surface area contributed by atoms with Crippen molar-refractivity contribution in [2.24, 2.45) is 0 Å². The van der Waals surface area contributed by atoms with Gasteiger partial charge in [-0.2, -0.15) is 0 Å². The lowest BCUT2D eigenvalue weighted by Crippen LogP contribution is -2.45. The fourth-order valence-electron chi connectivity index (χ4n) is 5.42. The molecule has 0 aromatic heterocycles. The van der Waals surface area contributed by atoms with Crippen molar-refractivity contribution < 1.29 is 9.90 Å². The van der Waals surface area contributed by atoms with Crippen molar-refractivity contribution in [2.75, 3.05) is 30.3 Å². The van der Waals surface area contributed by atoms with Crippen LogP contribution in [0.25, 0.3) is 0 Å². The van der Waals surface area contributed by atoms with Crippen LogP contribution in [-0.2, 0) is 22.0 Å². The number of nitrogens with zero attached hydrogens (tertiary/aromatic N) is 2. The van der Waals surface area contributed by atoms with Gasteiger partial charge in [0.25, 0.3) is 0 Å². The SMILES string of the molecule is CC(C)(C)c1cc(CC2SCCN(CCCCN(c3ccccc3)c3ccccc3)C2=O)cc(C(C)(C)C)c1O. The highest BCUT2D eigenvalue weighted by molar-refractivity contribution is 8.00. The van der Waals surface area contributed by atoms with Crippen LogP contribution in [0.15, 0.2) is 72.8 Å². The monoisotopic (exact) mass is 558 g/mol. The van der Waals surface area contributed by atoms with Crippen molar-refractivity contribution in [2.45, 2.75) is 76.9 Å². The number of aromatic hydroxyl groups is 1. The second kappa shape index (κ2) is 12.7. The zero-order valence-electron chi connectivity index (χ0n) is 25.1. The molecule has 5 heteroatoms. The maximum atomic E-state index is 13.6. The van der Waals surface area contributed by atoms with Crippen molar-refractivity contribution in [1.29, 1.82) is 0 Å². The first-order valence-corrected chi connectivity index (χ1v) is 15.6. The number of hydrogen-bond donors (Lipinski definition) is 1. The number of para-hydroxylation sites is 2. The summed E-state index contributed by atoms with van der Waals surface area (Å²) in [6.45, 7) is 15.3. The number of hydrogen-bond acceptors (Lipinski definition) is 4. The minimum absolute atomic E-state index is 0.0796. The van der Waals surface area contributed by atoms with Crippen molar-refractivity contribution in [3.05, 3.63) is 89.5 Å². The fourth-order valence-corrected chi connectivity index (χ4v) is 6.64. The lowest BCUT2D eigenvalue weighted by atomic mass is 9.78. The number of amides is 1. The second-order valence-corrected chi connectivity index (χ2v) is 14.3. The Hall–Kier alpha value is -2.92. The third kappa shape index (κ3) is 7.42. The topological polar surface area (TPSA) is 43.8 Å². The summed E-state index contributed by atoms with van der Waals surface area (Å²) in [5.41, 5.74) is 5.09. The summed E-state index contributed by atoms with van der Waals surface area (Å²) >= 11 is 1.78. The van der Waals surface area contributed by atoms with Gasteiger partial charge in [0, 0.05) is 36.8 Å². The number of anilines is 2. The first-order valence-electron chi connectivity index (χ1n) is 14.6. The molecule has 1 aliphatic heterocycles. The van der Waals surface area contributed by atoms with Gasteiger partial charge >= 0.3 is 0 Å². The average molecular weight is 559 g/mol. The van der Waals surface area contributed by atoms with Crippen LogP contribution >= 0.6 is 11.8 Å². The van der Waals surface area contributed by atoms with Gasteiger partial charge in [0.15, 0.2) is 0 Å². The van der Waals surface area contributed by atoms with Crippen LogP contribution in [0.3, 0.4) is 0 Å². The molecule has 1 unspecified atom stereocenters. The van der Waals surface area contributed by atoms with E-state index in [9.17, 15) is 9.90 Å². The molecule has 214 valence electrons. The van der Waals surface area contributed by atoms with E-state index in [-0.39, 0.29) is 22.0 Å². The van der Waals surface area contributed by atoms with Crippen LogP contribution in [0.4, 0.5) is 11.4 Å². The Morgan fingerprint density at radius 3 is 1.88 bits per heavy atom. The van der Waals surface area contributed by atoms with Gasteiger partial charge in [-0.05, 0) is 71.0 Å².